The van der Waals surface area contributed by atoms with Gasteiger partial charge in [-0.2, -0.15) is 22.9 Å². The standard InChI is InChI=1S/C29H18F3N5O6/c30-29(31,32)21-7-4-6-19(14-21)27-34-25-10-2-1-9-24(25)28(38)35(27)33-16-20-15-23(37(41)42)11-12-26(20)43-17-18-5-3-8-22(13-18)36(39)40/h1-16H,17H2. The lowest BCUT2D eigenvalue weighted by Gasteiger charge is -2.12. The first kappa shape index (κ1) is 28.6. The summed E-state index contributed by atoms with van der Waals surface area (Å²) in [4.78, 5) is 39.2. The number of nitrogens with zero attached hydrogens (tertiary/aromatic N) is 5. The molecule has 0 atom stereocenters. The summed E-state index contributed by atoms with van der Waals surface area (Å²) in [7, 11) is 0. The van der Waals surface area contributed by atoms with Crippen LogP contribution in [0.25, 0.3) is 22.3 Å². The number of rotatable bonds is 8. The number of nitro groups is 2. The van der Waals surface area contributed by atoms with Crippen molar-refractivity contribution in [3.63, 3.8) is 0 Å². The maximum absolute atomic E-state index is 13.5. The minimum Gasteiger partial charge on any atom is -0.488 e. The predicted molar refractivity (Wildman–Crippen MR) is 150 cm³/mol. The van der Waals surface area contributed by atoms with Gasteiger partial charge in [-0.25, -0.2) is 4.98 Å². The van der Waals surface area contributed by atoms with Crippen LogP contribution in [-0.4, -0.2) is 25.7 Å². The summed E-state index contributed by atoms with van der Waals surface area (Å²) in [5.74, 6) is -0.112. The van der Waals surface area contributed by atoms with Crippen molar-refractivity contribution in [2.24, 2.45) is 5.10 Å². The zero-order valence-electron chi connectivity index (χ0n) is 21.8. The van der Waals surface area contributed by atoms with Crippen molar-refractivity contribution in [3.8, 4) is 17.1 Å². The van der Waals surface area contributed by atoms with E-state index in [9.17, 15) is 38.2 Å². The third kappa shape index (κ3) is 6.22. The van der Waals surface area contributed by atoms with Crippen molar-refractivity contribution in [2.75, 3.05) is 0 Å². The molecule has 0 N–H and O–H groups in total. The van der Waals surface area contributed by atoms with Gasteiger partial charge in [0.2, 0.25) is 0 Å². The number of halogens is 3. The van der Waals surface area contributed by atoms with Gasteiger partial charge in [0.1, 0.15) is 12.4 Å². The Morgan fingerprint density at radius 3 is 2.35 bits per heavy atom. The molecule has 0 saturated heterocycles. The van der Waals surface area contributed by atoms with Gasteiger partial charge >= 0.3 is 6.18 Å². The third-order valence-corrected chi connectivity index (χ3v) is 6.23. The molecule has 1 heterocycles. The SMILES string of the molecule is O=c1c2ccccc2nc(-c2cccc(C(F)(F)F)c2)n1N=Cc1cc([N+](=O)[O-])ccc1OCc1cccc([N+](=O)[O-])c1. The molecule has 0 bridgehead atoms. The smallest absolute Gasteiger partial charge is 0.416 e. The van der Waals surface area contributed by atoms with Gasteiger partial charge < -0.3 is 4.74 Å². The number of para-hydroxylation sites is 1. The van der Waals surface area contributed by atoms with E-state index in [0.717, 1.165) is 29.1 Å². The summed E-state index contributed by atoms with van der Waals surface area (Å²) in [5.41, 5.74) is -1.47. The first-order valence-electron chi connectivity index (χ1n) is 12.4. The lowest BCUT2D eigenvalue weighted by Crippen LogP contribution is -2.20. The van der Waals surface area contributed by atoms with Crippen molar-refractivity contribution in [3.05, 3.63) is 138 Å². The normalized spacial score (nSPS) is 11.6. The molecule has 14 heteroatoms. The molecule has 0 aliphatic rings. The number of hydrogen-bond donors (Lipinski definition) is 0. The fourth-order valence-corrected chi connectivity index (χ4v) is 4.17. The van der Waals surface area contributed by atoms with Crippen LogP contribution >= 0.6 is 0 Å². The maximum atomic E-state index is 13.5. The second-order valence-corrected chi connectivity index (χ2v) is 9.09. The van der Waals surface area contributed by atoms with E-state index in [1.165, 1.54) is 54.6 Å². The first-order chi connectivity index (χ1) is 20.5. The molecule has 0 radical (unpaired) electrons. The van der Waals surface area contributed by atoms with Crippen LogP contribution < -0.4 is 10.3 Å². The van der Waals surface area contributed by atoms with Gasteiger partial charge in [0.15, 0.2) is 5.82 Å². The minimum absolute atomic E-state index is 0.0454. The predicted octanol–water partition coefficient (Wildman–Crippen LogP) is 6.36. The van der Waals surface area contributed by atoms with Crippen molar-refractivity contribution < 1.29 is 27.8 Å². The molecule has 0 aliphatic heterocycles. The highest BCUT2D eigenvalue weighted by molar-refractivity contribution is 5.85. The summed E-state index contributed by atoms with van der Waals surface area (Å²) in [6.07, 6.45) is -3.57. The number of non-ortho nitro benzene ring substituents is 2. The van der Waals surface area contributed by atoms with Crippen LogP contribution in [-0.2, 0) is 12.8 Å². The number of nitro benzene ring substituents is 2. The number of fused-ring (bicyclic) bond motifs is 1. The van der Waals surface area contributed by atoms with E-state index >= 15 is 0 Å². The molecule has 0 spiro atoms. The summed E-state index contributed by atoms with van der Waals surface area (Å²) < 4.78 is 47.0. The second-order valence-electron chi connectivity index (χ2n) is 9.09. The van der Waals surface area contributed by atoms with E-state index in [4.69, 9.17) is 4.74 Å². The molecule has 5 aromatic rings. The van der Waals surface area contributed by atoms with Crippen LogP contribution in [0, 0.1) is 20.2 Å². The van der Waals surface area contributed by atoms with E-state index in [2.05, 4.69) is 10.1 Å². The van der Waals surface area contributed by atoms with E-state index in [1.54, 1.807) is 18.2 Å². The average molecular weight is 589 g/mol. The zero-order chi connectivity index (χ0) is 30.7. The monoisotopic (exact) mass is 589 g/mol. The quantitative estimate of drug-likeness (QED) is 0.116. The Morgan fingerprint density at radius 2 is 1.60 bits per heavy atom. The molecule has 0 saturated carbocycles. The molecule has 11 nitrogen and oxygen atoms in total. The Bertz CT molecular complexity index is 1970. The van der Waals surface area contributed by atoms with Gasteiger partial charge in [-0.1, -0.05) is 36.4 Å². The maximum Gasteiger partial charge on any atom is 0.416 e. The molecule has 0 unspecified atom stereocenters. The van der Waals surface area contributed by atoms with Crippen molar-refractivity contribution >= 4 is 28.5 Å². The van der Waals surface area contributed by atoms with Gasteiger partial charge in [-0.05, 0) is 35.9 Å². The van der Waals surface area contributed by atoms with Gasteiger partial charge in [-0.3, -0.25) is 25.0 Å². The molecule has 4 aromatic carbocycles. The Morgan fingerprint density at radius 1 is 0.884 bits per heavy atom. The topological polar surface area (TPSA) is 143 Å². The molecule has 0 amide bonds. The van der Waals surface area contributed by atoms with E-state index in [-0.39, 0.29) is 51.6 Å². The zero-order valence-corrected chi connectivity index (χ0v) is 21.8. The van der Waals surface area contributed by atoms with Crippen LogP contribution in [0.5, 0.6) is 5.75 Å². The molecule has 0 fully saturated rings. The van der Waals surface area contributed by atoms with Gasteiger partial charge in [0, 0.05) is 35.4 Å². The highest BCUT2D eigenvalue weighted by atomic mass is 19.4. The van der Waals surface area contributed by atoms with Gasteiger partial charge in [0.25, 0.3) is 16.9 Å². The molecular weight excluding hydrogens is 571 g/mol. The van der Waals surface area contributed by atoms with Crippen LogP contribution in [0.2, 0.25) is 0 Å². The lowest BCUT2D eigenvalue weighted by molar-refractivity contribution is -0.385. The summed E-state index contributed by atoms with van der Waals surface area (Å²) in [6.45, 7) is -0.146. The Hall–Kier alpha value is -5.92. The second kappa shape index (κ2) is 11.5. The average Bonchev–Trinajstić information content (AvgIpc) is 2.99. The van der Waals surface area contributed by atoms with Crippen molar-refractivity contribution in [1.29, 1.82) is 0 Å². The number of alkyl halides is 3. The van der Waals surface area contributed by atoms with E-state index in [0.29, 0.717) is 5.56 Å². The van der Waals surface area contributed by atoms with Gasteiger partial charge in [-0.15, -0.1) is 0 Å². The number of benzene rings is 4. The van der Waals surface area contributed by atoms with Crippen molar-refractivity contribution in [1.82, 2.24) is 9.66 Å². The molecule has 216 valence electrons. The van der Waals surface area contributed by atoms with Crippen LogP contribution in [0.3, 0.4) is 0 Å². The summed E-state index contributed by atoms with van der Waals surface area (Å²) >= 11 is 0. The Kier molecular flexibility index (Phi) is 7.66. The molecular formula is C29H18F3N5O6. The Balaban J connectivity index is 1.61. The molecule has 5 rings (SSSR count). The van der Waals surface area contributed by atoms with Crippen LogP contribution in [0.4, 0.5) is 24.5 Å². The number of ether oxygens (including phenoxy) is 1. The molecule has 1 aromatic heterocycles. The highest BCUT2D eigenvalue weighted by Crippen LogP contribution is 2.32. The first-order valence-corrected chi connectivity index (χ1v) is 12.4. The lowest BCUT2D eigenvalue weighted by atomic mass is 10.1. The molecule has 0 aliphatic carbocycles. The van der Waals surface area contributed by atoms with Crippen LogP contribution in [0.1, 0.15) is 16.7 Å². The summed E-state index contributed by atoms with van der Waals surface area (Å²) in [6, 6.07) is 19.7. The van der Waals surface area contributed by atoms with Crippen LogP contribution in [0.15, 0.2) is 101 Å². The Labute approximate surface area is 239 Å². The third-order valence-electron chi connectivity index (χ3n) is 6.23. The molecule has 43 heavy (non-hydrogen) atoms. The van der Waals surface area contributed by atoms with E-state index in [1.807, 2.05) is 0 Å². The van der Waals surface area contributed by atoms with Gasteiger partial charge in [0.05, 0.1) is 32.5 Å². The fraction of sp³-hybridized carbons (Fsp3) is 0.0690. The number of hydrogen-bond acceptors (Lipinski definition) is 8. The van der Waals surface area contributed by atoms with E-state index < -0.39 is 27.1 Å². The summed E-state index contributed by atoms with van der Waals surface area (Å²) in [5, 5.41) is 26.9. The fourth-order valence-electron chi connectivity index (χ4n) is 4.17. The minimum atomic E-state index is -4.66. The highest BCUT2D eigenvalue weighted by Gasteiger charge is 2.31. The van der Waals surface area contributed by atoms with Crippen molar-refractivity contribution in [2.45, 2.75) is 12.8 Å². The largest absolute Gasteiger partial charge is 0.488 e. The number of aromatic nitrogens is 2.